The van der Waals surface area contributed by atoms with Crippen LogP contribution in [0, 0.1) is 12.8 Å². The summed E-state index contributed by atoms with van der Waals surface area (Å²) in [4.78, 5) is 13.4. The average Bonchev–Trinajstić information content (AvgIpc) is 2.60. The van der Waals surface area contributed by atoms with Crippen molar-refractivity contribution in [3.63, 3.8) is 0 Å². The molecule has 0 fully saturated rings. The Kier molecular flexibility index (Phi) is 7.19. The molecule has 1 unspecified atom stereocenters. The molecule has 0 heterocycles. The molecule has 1 amide bonds. The number of rotatable bonds is 8. The van der Waals surface area contributed by atoms with E-state index in [0.717, 1.165) is 23.5 Å². The highest BCUT2D eigenvalue weighted by Gasteiger charge is 2.13. The van der Waals surface area contributed by atoms with Crippen LogP contribution in [0.3, 0.4) is 0 Å². The van der Waals surface area contributed by atoms with E-state index in [1.165, 1.54) is 10.5 Å². The highest BCUT2D eigenvalue weighted by molar-refractivity contribution is 7.99. The van der Waals surface area contributed by atoms with E-state index in [-0.39, 0.29) is 11.8 Å². The first kappa shape index (κ1) is 18.4. The summed E-state index contributed by atoms with van der Waals surface area (Å²) in [5.74, 6) is 1.74. The van der Waals surface area contributed by atoms with Gasteiger partial charge in [0.15, 0.2) is 0 Å². The van der Waals surface area contributed by atoms with Crippen molar-refractivity contribution in [1.29, 1.82) is 0 Å². The van der Waals surface area contributed by atoms with Gasteiger partial charge in [0.1, 0.15) is 5.75 Å². The molecule has 3 nitrogen and oxygen atoms in total. The third-order valence-electron chi connectivity index (χ3n) is 3.82. The normalized spacial score (nSPS) is 11.8. The quantitative estimate of drug-likeness (QED) is 0.734. The van der Waals surface area contributed by atoms with Gasteiger partial charge in [-0.15, -0.1) is 11.8 Å². The van der Waals surface area contributed by atoms with Crippen molar-refractivity contribution in [3.8, 4) is 5.75 Å². The zero-order valence-electron chi connectivity index (χ0n) is 14.5. The molecule has 2 aromatic rings. The van der Waals surface area contributed by atoms with Crippen LogP contribution in [0.15, 0.2) is 53.4 Å². The Morgan fingerprint density at radius 1 is 1.21 bits per heavy atom. The van der Waals surface area contributed by atoms with Gasteiger partial charge in [-0.1, -0.05) is 42.8 Å². The second kappa shape index (κ2) is 9.38. The largest absolute Gasteiger partial charge is 0.496 e. The van der Waals surface area contributed by atoms with E-state index in [4.69, 9.17) is 4.74 Å². The number of carbonyl (C=O) groups is 1. The summed E-state index contributed by atoms with van der Waals surface area (Å²) in [6, 6.07) is 16.3. The molecule has 0 bridgehead atoms. The second-order valence-electron chi connectivity index (χ2n) is 5.88. The number of methoxy groups -OCH3 is 1. The highest BCUT2D eigenvalue weighted by atomic mass is 32.2. The first-order valence-corrected chi connectivity index (χ1v) is 9.17. The van der Waals surface area contributed by atoms with Crippen molar-refractivity contribution >= 4 is 17.7 Å². The third kappa shape index (κ3) is 5.60. The zero-order valence-corrected chi connectivity index (χ0v) is 15.4. The van der Waals surface area contributed by atoms with Crippen LogP contribution in [-0.2, 0) is 11.2 Å². The molecule has 0 aromatic heterocycles. The van der Waals surface area contributed by atoms with Crippen LogP contribution in [-0.4, -0.2) is 25.3 Å². The molecule has 2 aromatic carbocycles. The van der Waals surface area contributed by atoms with Gasteiger partial charge in [0, 0.05) is 23.1 Å². The molecule has 0 aliphatic heterocycles. The Morgan fingerprint density at radius 2 is 1.96 bits per heavy atom. The number of hydrogen-bond acceptors (Lipinski definition) is 3. The van der Waals surface area contributed by atoms with Crippen LogP contribution < -0.4 is 10.1 Å². The number of benzene rings is 2. The number of aryl methyl sites for hydroxylation is 1. The number of hydrogen-bond donors (Lipinski definition) is 1. The van der Waals surface area contributed by atoms with E-state index in [2.05, 4.69) is 30.4 Å². The smallest absolute Gasteiger partial charge is 0.223 e. The molecule has 4 heteroatoms. The Bertz CT molecular complexity index is 658. The van der Waals surface area contributed by atoms with Crippen LogP contribution in [0.5, 0.6) is 5.75 Å². The zero-order chi connectivity index (χ0) is 17.4. The lowest BCUT2D eigenvalue weighted by atomic mass is 10.1. The SMILES string of the molecule is COc1ccc(C)cc1CCNC(=O)C(C)CSc1ccccc1. The van der Waals surface area contributed by atoms with Gasteiger partial charge in [-0.3, -0.25) is 4.79 Å². The van der Waals surface area contributed by atoms with Gasteiger partial charge in [-0.2, -0.15) is 0 Å². The maximum absolute atomic E-state index is 12.2. The van der Waals surface area contributed by atoms with Crippen molar-refractivity contribution in [2.45, 2.75) is 25.2 Å². The number of nitrogens with one attached hydrogen (secondary N) is 1. The Labute approximate surface area is 148 Å². The summed E-state index contributed by atoms with van der Waals surface area (Å²) in [5.41, 5.74) is 2.33. The van der Waals surface area contributed by atoms with Crippen LogP contribution in [0.1, 0.15) is 18.1 Å². The fraction of sp³-hybridized carbons (Fsp3) is 0.350. The summed E-state index contributed by atoms with van der Waals surface area (Å²) in [6.07, 6.45) is 0.773. The molecule has 0 aliphatic rings. The van der Waals surface area contributed by atoms with E-state index in [1.54, 1.807) is 18.9 Å². The van der Waals surface area contributed by atoms with Gasteiger partial charge in [-0.05, 0) is 37.1 Å². The van der Waals surface area contributed by atoms with Gasteiger partial charge < -0.3 is 10.1 Å². The van der Waals surface area contributed by atoms with Crippen molar-refractivity contribution in [1.82, 2.24) is 5.32 Å². The van der Waals surface area contributed by atoms with E-state index in [9.17, 15) is 4.79 Å². The van der Waals surface area contributed by atoms with Gasteiger partial charge in [0.2, 0.25) is 5.91 Å². The highest BCUT2D eigenvalue weighted by Crippen LogP contribution is 2.21. The van der Waals surface area contributed by atoms with Crippen molar-refractivity contribution in [2.24, 2.45) is 5.92 Å². The Balaban J connectivity index is 1.77. The molecule has 24 heavy (non-hydrogen) atoms. The average molecular weight is 343 g/mol. The Hall–Kier alpha value is -1.94. The summed E-state index contributed by atoms with van der Waals surface area (Å²) in [6.45, 7) is 4.65. The maximum Gasteiger partial charge on any atom is 0.223 e. The molecule has 0 spiro atoms. The van der Waals surface area contributed by atoms with E-state index < -0.39 is 0 Å². The molecule has 128 valence electrons. The first-order valence-electron chi connectivity index (χ1n) is 8.19. The van der Waals surface area contributed by atoms with Crippen LogP contribution in [0.25, 0.3) is 0 Å². The minimum atomic E-state index is -0.0189. The predicted molar refractivity (Wildman–Crippen MR) is 101 cm³/mol. The van der Waals surface area contributed by atoms with Crippen molar-refractivity contribution in [3.05, 3.63) is 59.7 Å². The summed E-state index contributed by atoms with van der Waals surface area (Å²) in [5, 5.41) is 3.03. The number of amides is 1. The van der Waals surface area contributed by atoms with Crippen LogP contribution >= 0.6 is 11.8 Å². The maximum atomic E-state index is 12.2. The predicted octanol–water partition coefficient (Wildman–Crippen LogP) is 4.09. The lowest BCUT2D eigenvalue weighted by molar-refractivity contribution is -0.123. The fourth-order valence-corrected chi connectivity index (χ4v) is 3.35. The summed E-state index contributed by atoms with van der Waals surface area (Å²) in [7, 11) is 1.68. The standard InChI is InChI=1S/C20H25NO2S/c1-15-9-10-19(23-3)17(13-15)11-12-21-20(22)16(2)14-24-18-7-5-4-6-8-18/h4-10,13,16H,11-12,14H2,1-3H3,(H,21,22). The number of carbonyl (C=O) groups excluding carboxylic acids is 1. The number of thioether (sulfide) groups is 1. The Morgan fingerprint density at radius 3 is 2.67 bits per heavy atom. The van der Waals surface area contributed by atoms with Crippen molar-refractivity contribution < 1.29 is 9.53 Å². The molecule has 0 radical (unpaired) electrons. The molecule has 1 N–H and O–H groups in total. The third-order valence-corrected chi connectivity index (χ3v) is 5.09. The lowest BCUT2D eigenvalue weighted by Crippen LogP contribution is -2.32. The van der Waals surface area contributed by atoms with Gasteiger partial charge in [0.05, 0.1) is 7.11 Å². The topological polar surface area (TPSA) is 38.3 Å². The molecule has 1 atom stereocenters. The minimum absolute atomic E-state index is 0.0189. The first-order chi connectivity index (χ1) is 11.6. The lowest BCUT2D eigenvalue weighted by Gasteiger charge is -2.13. The molecule has 2 rings (SSSR count). The molecular formula is C20H25NO2S. The molecule has 0 saturated heterocycles. The number of ether oxygens (including phenoxy) is 1. The van der Waals surface area contributed by atoms with Crippen LogP contribution in [0.4, 0.5) is 0 Å². The monoisotopic (exact) mass is 343 g/mol. The summed E-state index contributed by atoms with van der Waals surface area (Å²) >= 11 is 1.71. The van der Waals surface area contributed by atoms with E-state index in [0.29, 0.717) is 6.54 Å². The minimum Gasteiger partial charge on any atom is -0.496 e. The van der Waals surface area contributed by atoms with E-state index in [1.807, 2.05) is 37.3 Å². The van der Waals surface area contributed by atoms with Crippen LogP contribution in [0.2, 0.25) is 0 Å². The molecular weight excluding hydrogens is 318 g/mol. The van der Waals surface area contributed by atoms with Gasteiger partial charge in [-0.25, -0.2) is 0 Å². The van der Waals surface area contributed by atoms with Gasteiger partial charge >= 0.3 is 0 Å². The molecule has 0 aliphatic carbocycles. The second-order valence-corrected chi connectivity index (χ2v) is 6.97. The molecule has 0 saturated carbocycles. The van der Waals surface area contributed by atoms with Gasteiger partial charge in [0.25, 0.3) is 0 Å². The fourth-order valence-electron chi connectivity index (χ4n) is 2.41. The van der Waals surface area contributed by atoms with E-state index >= 15 is 0 Å². The van der Waals surface area contributed by atoms with Crippen molar-refractivity contribution in [2.75, 3.05) is 19.4 Å². The summed E-state index contributed by atoms with van der Waals surface area (Å²) < 4.78 is 5.38.